The largest absolute Gasteiger partial charge is 0.416 e. The second kappa shape index (κ2) is 9.73. The van der Waals surface area contributed by atoms with Gasteiger partial charge in [0, 0.05) is 38.6 Å². The number of anilines is 1. The summed E-state index contributed by atoms with van der Waals surface area (Å²) < 4.78 is 45.2. The molecule has 1 aromatic carbocycles. The first-order chi connectivity index (χ1) is 16.2. The minimum absolute atomic E-state index is 0.0449. The highest BCUT2D eigenvalue weighted by Crippen LogP contribution is 2.35. The molecule has 34 heavy (non-hydrogen) atoms. The molecular weight excluding hydrogens is 451 g/mol. The van der Waals surface area contributed by atoms with Crippen molar-refractivity contribution < 1.29 is 27.5 Å². The number of amides is 2. The molecule has 3 unspecified atom stereocenters. The lowest BCUT2D eigenvalue weighted by molar-refractivity contribution is -0.137. The summed E-state index contributed by atoms with van der Waals surface area (Å²) in [6.07, 6.45) is -0.337. The number of carbonyl (C=O) groups is 2. The highest BCUT2D eigenvalue weighted by atomic mass is 19.4. The highest BCUT2D eigenvalue weighted by molar-refractivity contribution is 5.93. The van der Waals surface area contributed by atoms with Crippen molar-refractivity contribution in [3.05, 3.63) is 30.1 Å². The Morgan fingerprint density at radius 1 is 1.24 bits per heavy atom. The van der Waals surface area contributed by atoms with Crippen LogP contribution in [-0.4, -0.2) is 65.1 Å². The molecule has 2 fully saturated rings. The predicted molar refractivity (Wildman–Crippen MR) is 119 cm³/mol. The molecule has 11 heteroatoms. The van der Waals surface area contributed by atoms with E-state index in [9.17, 15) is 22.8 Å². The fourth-order valence-electron chi connectivity index (χ4n) is 5.00. The fraction of sp³-hybridized carbons (Fsp3) is 0.565. The second-order valence-electron chi connectivity index (χ2n) is 8.90. The number of ether oxygens (including phenoxy) is 1. The molecule has 4 rings (SSSR count). The standard InChI is InChI=1S/C23H28F3N5O3/c1-13(32)27-11-14-9-16(34-2)4-6-20(14)31-8-7-19(22(31)33)30-21-17-10-15(23(24,25)26)3-5-18(17)28-12-29-21/h3,5,10,12,14,16,19-20H,4,6-9,11H2,1-2H3,(H,27,32)(H,28,29,30)/t14?,16-,19?,20?/m1/s1. The third-order valence-electron chi connectivity index (χ3n) is 6.75. The number of nitrogens with zero attached hydrogens (tertiary/aromatic N) is 3. The number of rotatable bonds is 6. The molecule has 1 saturated carbocycles. The molecule has 1 aliphatic heterocycles. The monoisotopic (exact) mass is 479 g/mol. The number of aromatic nitrogens is 2. The van der Waals surface area contributed by atoms with Crippen LogP contribution in [0.1, 0.15) is 38.2 Å². The molecule has 2 N–H and O–H groups in total. The Hall–Kier alpha value is -2.95. The second-order valence-corrected chi connectivity index (χ2v) is 8.90. The number of nitrogens with one attached hydrogen (secondary N) is 2. The van der Waals surface area contributed by atoms with E-state index >= 15 is 0 Å². The summed E-state index contributed by atoms with van der Waals surface area (Å²) in [5, 5.41) is 6.14. The molecule has 2 aromatic rings. The zero-order valence-electron chi connectivity index (χ0n) is 19.1. The molecule has 1 aliphatic carbocycles. The van der Waals surface area contributed by atoms with Gasteiger partial charge in [-0.2, -0.15) is 13.2 Å². The van der Waals surface area contributed by atoms with Crippen LogP contribution in [0.3, 0.4) is 0 Å². The zero-order valence-corrected chi connectivity index (χ0v) is 19.1. The lowest BCUT2D eigenvalue weighted by Crippen LogP contribution is -2.50. The normalized spacial score (nSPS) is 25.6. The molecule has 0 radical (unpaired) electrons. The first kappa shape index (κ1) is 24.2. The maximum Gasteiger partial charge on any atom is 0.416 e. The van der Waals surface area contributed by atoms with Gasteiger partial charge >= 0.3 is 6.18 Å². The van der Waals surface area contributed by atoms with Crippen molar-refractivity contribution in [3.8, 4) is 0 Å². The van der Waals surface area contributed by atoms with Crippen LogP contribution in [0.5, 0.6) is 0 Å². The van der Waals surface area contributed by atoms with Crippen LogP contribution in [0.15, 0.2) is 24.5 Å². The van der Waals surface area contributed by atoms with Gasteiger partial charge in [-0.15, -0.1) is 0 Å². The number of hydrogen-bond acceptors (Lipinski definition) is 6. The van der Waals surface area contributed by atoms with E-state index in [-0.39, 0.29) is 41.1 Å². The van der Waals surface area contributed by atoms with Gasteiger partial charge in [-0.05, 0) is 49.8 Å². The number of benzene rings is 1. The zero-order chi connectivity index (χ0) is 24.5. The Morgan fingerprint density at radius 3 is 2.74 bits per heavy atom. The summed E-state index contributed by atoms with van der Waals surface area (Å²) in [7, 11) is 1.66. The number of likely N-dealkylation sites (tertiary alicyclic amines) is 1. The number of alkyl halides is 3. The molecule has 1 aromatic heterocycles. The Bertz CT molecular complexity index is 1060. The molecule has 4 atom stereocenters. The fourth-order valence-corrected chi connectivity index (χ4v) is 5.00. The van der Waals surface area contributed by atoms with Gasteiger partial charge in [0.05, 0.1) is 17.2 Å². The summed E-state index contributed by atoms with van der Waals surface area (Å²) in [4.78, 5) is 34.8. The lowest BCUT2D eigenvalue weighted by atomic mass is 9.81. The molecule has 0 spiro atoms. The van der Waals surface area contributed by atoms with Crippen molar-refractivity contribution in [1.82, 2.24) is 20.2 Å². The molecule has 2 heterocycles. The molecule has 1 saturated heterocycles. The van der Waals surface area contributed by atoms with E-state index in [4.69, 9.17) is 4.74 Å². The van der Waals surface area contributed by atoms with Crippen LogP contribution in [-0.2, 0) is 20.5 Å². The van der Waals surface area contributed by atoms with Crippen molar-refractivity contribution in [3.63, 3.8) is 0 Å². The first-order valence-electron chi connectivity index (χ1n) is 11.3. The minimum Gasteiger partial charge on any atom is -0.381 e. The van der Waals surface area contributed by atoms with E-state index in [0.29, 0.717) is 25.0 Å². The van der Waals surface area contributed by atoms with Gasteiger partial charge in [0.1, 0.15) is 18.2 Å². The Kier molecular flexibility index (Phi) is 6.92. The predicted octanol–water partition coefficient (Wildman–Crippen LogP) is 2.98. The lowest BCUT2D eigenvalue weighted by Gasteiger charge is -2.40. The quantitative estimate of drug-likeness (QED) is 0.662. The summed E-state index contributed by atoms with van der Waals surface area (Å²) in [5.74, 6) is 0.0144. The molecule has 0 bridgehead atoms. The van der Waals surface area contributed by atoms with Crippen molar-refractivity contribution in [2.45, 2.75) is 57.0 Å². The SMILES string of the molecule is CO[C@@H]1CCC(N2CCC(Nc3ncnc4ccc(C(F)(F)F)cc34)C2=O)C(CNC(C)=O)C1. The maximum atomic E-state index is 13.3. The third-order valence-corrected chi connectivity index (χ3v) is 6.75. The number of fused-ring (bicyclic) bond motifs is 1. The minimum atomic E-state index is -4.49. The molecule has 184 valence electrons. The molecule has 2 aliphatic rings. The van der Waals surface area contributed by atoms with Crippen LogP contribution in [0.4, 0.5) is 19.0 Å². The summed E-state index contributed by atoms with van der Waals surface area (Å²) in [5.41, 5.74) is -0.436. The number of halogens is 3. The average molecular weight is 480 g/mol. The van der Waals surface area contributed by atoms with Gasteiger partial charge in [-0.3, -0.25) is 9.59 Å². The van der Waals surface area contributed by atoms with Crippen LogP contribution >= 0.6 is 0 Å². The third kappa shape index (κ3) is 5.08. The molecule has 8 nitrogen and oxygen atoms in total. The highest BCUT2D eigenvalue weighted by Gasteiger charge is 2.42. The topological polar surface area (TPSA) is 96.4 Å². The smallest absolute Gasteiger partial charge is 0.381 e. The van der Waals surface area contributed by atoms with E-state index in [1.807, 2.05) is 4.90 Å². The van der Waals surface area contributed by atoms with Crippen molar-refractivity contribution in [1.29, 1.82) is 0 Å². The van der Waals surface area contributed by atoms with Gasteiger partial charge in [-0.25, -0.2) is 9.97 Å². The number of carbonyl (C=O) groups excluding carboxylic acids is 2. The van der Waals surface area contributed by atoms with E-state index in [0.717, 1.165) is 31.4 Å². The van der Waals surface area contributed by atoms with Crippen molar-refractivity contribution in [2.24, 2.45) is 5.92 Å². The van der Waals surface area contributed by atoms with Gasteiger partial charge in [0.25, 0.3) is 0 Å². The Morgan fingerprint density at radius 2 is 2.03 bits per heavy atom. The van der Waals surface area contributed by atoms with Gasteiger partial charge in [0.2, 0.25) is 11.8 Å². The first-order valence-corrected chi connectivity index (χ1v) is 11.3. The van der Waals surface area contributed by atoms with Crippen molar-refractivity contribution in [2.75, 3.05) is 25.5 Å². The van der Waals surface area contributed by atoms with Crippen LogP contribution < -0.4 is 10.6 Å². The Balaban J connectivity index is 1.52. The number of hydrogen-bond donors (Lipinski definition) is 2. The van der Waals surface area contributed by atoms with Gasteiger partial charge in [-0.1, -0.05) is 0 Å². The molecule has 2 amide bonds. The summed E-state index contributed by atoms with van der Waals surface area (Å²) in [6, 6.07) is 2.64. The molecular formula is C23H28F3N5O3. The Labute approximate surface area is 195 Å². The van der Waals surface area contributed by atoms with E-state index in [1.54, 1.807) is 7.11 Å². The number of methoxy groups -OCH3 is 1. The maximum absolute atomic E-state index is 13.3. The van der Waals surface area contributed by atoms with Gasteiger partial charge < -0.3 is 20.3 Å². The summed E-state index contributed by atoms with van der Waals surface area (Å²) >= 11 is 0. The average Bonchev–Trinajstić information content (AvgIpc) is 3.16. The van der Waals surface area contributed by atoms with E-state index in [2.05, 4.69) is 20.6 Å². The van der Waals surface area contributed by atoms with Crippen molar-refractivity contribution >= 4 is 28.5 Å². The van der Waals surface area contributed by atoms with Crippen LogP contribution in [0.2, 0.25) is 0 Å². The van der Waals surface area contributed by atoms with E-state index < -0.39 is 17.8 Å². The van der Waals surface area contributed by atoms with Crippen LogP contribution in [0.25, 0.3) is 10.9 Å². The van der Waals surface area contributed by atoms with Crippen LogP contribution in [0, 0.1) is 5.92 Å². The van der Waals surface area contributed by atoms with E-state index in [1.165, 1.54) is 19.3 Å². The van der Waals surface area contributed by atoms with Gasteiger partial charge in [0.15, 0.2) is 0 Å². The summed E-state index contributed by atoms with van der Waals surface area (Å²) in [6.45, 7) is 2.44.